The Morgan fingerprint density at radius 3 is 2.33 bits per heavy atom. The standard InChI is InChI=1S/C12H20N2O3Si/c1-12(2,3)18(4,5)17-9-6-7-10(13)11(8-9)14(15)16/h6-8H,13H2,1-5H3. The molecule has 0 heterocycles. The highest BCUT2D eigenvalue weighted by Crippen LogP contribution is 2.38. The number of nitrogen functional groups attached to an aromatic ring is 1. The van der Waals surface area contributed by atoms with E-state index in [0.717, 1.165) is 0 Å². The molecule has 1 aromatic rings. The molecule has 0 unspecified atom stereocenters. The number of nitro benzene ring substituents is 1. The molecule has 2 N–H and O–H groups in total. The van der Waals surface area contributed by atoms with E-state index >= 15 is 0 Å². The molecule has 18 heavy (non-hydrogen) atoms. The molecule has 0 aliphatic carbocycles. The molecular weight excluding hydrogens is 248 g/mol. The Hall–Kier alpha value is -1.56. The monoisotopic (exact) mass is 268 g/mol. The average Bonchev–Trinajstić information content (AvgIpc) is 2.18. The normalized spacial score (nSPS) is 12.3. The summed E-state index contributed by atoms with van der Waals surface area (Å²) in [5, 5.41) is 10.9. The van der Waals surface area contributed by atoms with Gasteiger partial charge < -0.3 is 10.2 Å². The van der Waals surface area contributed by atoms with Crippen molar-refractivity contribution >= 4 is 19.7 Å². The molecule has 0 atom stereocenters. The maximum Gasteiger partial charge on any atom is 0.295 e. The first-order valence-electron chi connectivity index (χ1n) is 5.77. The van der Waals surface area contributed by atoms with Crippen LogP contribution in [0.25, 0.3) is 0 Å². The second-order valence-electron chi connectivity index (χ2n) is 5.84. The maximum atomic E-state index is 10.8. The van der Waals surface area contributed by atoms with Crippen LogP contribution in [-0.2, 0) is 0 Å². The molecule has 0 amide bonds. The molecule has 0 saturated heterocycles. The lowest BCUT2D eigenvalue weighted by atomic mass is 10.2. The maximum absolute atomic E-state index is 10.8. The van der Waals surface area contributed by atoms with Gasteiger partial charge in [-0.15, -0.1) is 0 Å². The van der Waals surface area contributed by atoms with Gasteiger partial charge in [-0.25, -0.2) is 0 Å². The zero-order chi connectivity index (χ0) is 14.1. The largest absolute Gasteiger partial charge is 0.543 e. The van der Waals surface area contributed by atoms with Gasteiger partial charge in [0.2, 0.25) is 8.32 Å². The second kappa shape index (κ2) is 4.60. The molecule has 1 aromatic carbocycles. The first-order valence-corrected chi connectivity index (χ1v) is 8.68. The van der Waals surface area contributed by atoms with E-state index in [9.17, 15) is 10.1 Å². The van der Waals surface area contributed by atoms with Crippen LogP contribution < -0.4 is 10.2 Å². The third kappa shape index (κ3) is 3.01. The SMILES string of the molecule is CC(C)(C)[Si](C)(C)Oc1ccc(N)c([N+](=O)[O-])c1. The van der Waals surface area contributed by atoms with Crippen molar-refractivity contribution in [2.75, 3.05) is 5.73 Å². The van der Waals surface area contributed by atoms with Crippen LogP contribution in [0.1, 0.15) is 20.8 Å². The number of anilines is 1. The highest BCUT2D eigenvalue weighted by molar-refractivity contribution is 6.74. The zero-order valence-electron chi connectivity index (χ0n) is 11.5. The molecule has 100 valence electrons. The number of benzene rings is 1. The smallest absolute Gasteiger partial charge is 0.295 e. The fraction of sp³-hybridized carbons (Fsp3) is 0.500. The highest BCUT2D eigenvalue weighted by Gasteiger charge is 2.39. The molecule has 0 aliphatic heterocycles. The van der Waals surface area contributed by atoms with Crippen LogP contribution in [0.2, 0.25) is 18.1 Å². The lowest BCUT2D eigenvalue weighted by molar-refractivity contribution is -0.383. The van der Waals surface area contributed by atoms with Crippen LogP contribution >= 0.6 is 0 Å². The van der Waals surface area contributed by atoms with Gasteiger partial charge in [-0.2, -0.15) is 0 Å². The number of hydrogen-bond acceptors (Lipinski definition) is 4. The Balaban J connectivity index is 3.07. The number of hydrogen-bond donors (Lipinski definition) is 1. The first-order chi connectivity index (χ1) is 8.04. The predicted octanol–water partition coefficient (Wildman–Crippen LogP) is 3.56. The minimum absolute atomic E-state index is 0.0448. The summed E-state index contributed by atoms with van der Waals surface area (Å²) in [4.78, 5) is 10.3. The van der Waals surface area contributed by atoms with Gasteiger partial charge in [0.1, 0.15) is 11.4 Å². The van der Waals surface area contributed by atoms with Gasteiger partial charge in [-0.05, 0) is 30.3 Å². The van der Waals surface area contributed by atoms with E-state index in [1.807, 2.05) is 0 Å². The molecule has 0 saturated carbocycles. The van der Waals surface area contributed by atoms with Gasteiger partial charge >= 0.3 is 0 Å². The minimum atomic E-state index is -1.98. The summed E-state index contributed by atoms with van der Waals surface area (Å²) in [6, 6.07) is 4.60. The van der Waals surface area contributed by atoms with Gasteiger partial charge in [-0.3, -0.25) is 10.1 Å². The summed E-state index contributed by atoms with van der Waals surface area (Å²) in [5.41, 5.74) is 5.60. The van der Waals surface area contributed by atoms with Crippen molar-refractivity contribution in [1.82, 2.24) is 0 Å². The molecule has 1 rings (SSSR count). The number of nitrogens with two attached hydrogens (primary N) is 1. The zero-order valence-corrected chi connectivity index (χ0v) is 12.5. The third-order valence-electron chi connectivity index (χ3n) is 3.38. The summed E-state index contributed by atoms with van der Waals surface area (Å²) >= 11 is 0. The molecule has 5 nitrogen and oxygen atoms in total. The van der Waals surface area contributed by atoms with Crippen molar-refractivity contribution in [1.29, 1.82) is 0 Å². The Kier molecular flexibility index (Phi) is 3.71. The quantitative estimate of drug-likeness (QED) is 0.393. The third-order valence-corrected chi connectivity index (χ3v) is 7.74. The Morgan fingerprint density at radius 1 is 1.33 bits per heavy atom. The second-order valence-corrected chi connectivity index (χ2v) is 10.6. The fourth-order valence-electron chi connectivity index (χ4n) is 1.19. The lowest BCUT2D eigenvalue weighted by Gasteiger charge is -2.36. The van der Waals surface area contributed by atoms with Crippen LogP contribution in [0.5, 0.6) is 5.75 Å². The lowest BCUT2D eigenvalue weighted by Crippen LogP contribution is -2.43. The molecule has 0 radical (unpaired) electrons. The van der Waals surface area contributed by atoms with Crippen molar-refractivity contribution in [3.05, 3.63) is 28.3 Å². The molecule has 0 spiro atoms. The van der Waals surface area contributed by atoms with Crippen molar-refractivity contribution in [2.24, 2.45) is 0 Å². The molecule has 0 aromatic heterocycles. The number of nitrogens with zero attached hydrogens (tertiary/aromatic N) is 1. The van der Waals surface area contributed by atoms with Crippen molar-refractivity contribution < 1.29 is 9.35 Å². The first kappa shape index (κ1) is 14.5. The van der Waals surface area contributed by atoms with Crippen molar-refractivity contribution in [2.45, 2.75) is 38.9 Å². The van der Waals surface area contributed by atoms with E-state index in [4.69, 9.17) is 10.2 Å². The fourth-order valence-corrected chi connectivity index (χ4v) is 2.22. The van der Waals surface area contributed by atoms with Crippen LogP contribution in [-0.4, -0.2) is 13.2 Å². The predicted molar refractivity (Wildman–Crippen MR) is 75.3 cm³/mol. The summed E-state index contributed by atoms with van der Waals surface area (Å²) in [7, 11) is -1.98. The van der Waals surface area contributed by atoms with E-state index < -0.39 is 13.2 Å². The average molecular weight is 268 g/mol. The van der Waals surface area contributed by atoms with Gasteiger partial charge in [-0.1, -0.05) is 20.8 Å². The molecular formula is C12H20N2O3Si. The van der Waals surface area contributed by atoms with Crippen LogP contribution in [0.15, 0.2) is 18.2 Å². The van der Waals surface area contributed by atoms with Crippen LogP contribution in [0.3, 0.4) is 0 Å². The van der Waals surface area contributed by atoms with E-state index in [1.165, 1.54) is 12.1 Å². The minimum Gasteiger partial charge on any atom is -0.543 e. The summed E-state index contributed by atoms with van der Waals surface area (Å²) in [6.45, 7) is 10.5. The van der Waals surface area contributed by atoms with E-state index in [0.29, 0.717) is 5.75 Å². The van der Waals surface area contributed by atoms with E-state index in [2.05, 4.69) is 33.9 Å². The molecule has 0 aliphatic rings. The van der Waals surface area contributed by atoms with Gasteiger partial charge in [0.15, 0.2) is 0 Å². The summed E-state index contributed by atoms with van der Waals surface area (Å²) in [6.07, 6.45) is 0. The van der Waals surface area contributed by atoms with E-state index in [-0.39, 0.29) is 16.4 Å². The number of nitro groups is 1. The van der Waals surface area contributed by atoms with Crippen LogP contribution in [0, 0.1) is 10.1 Å². The van der Waals surface area contributed by atoms with Gasteiger partial charge in [0.05, 0.1) is 11.0 Å². The number of rotatable bonds is 3. The van der Waals surface area contributed by atoms with Crippen LogP contribution in [0.4, 0.5) is 11.4 Å². The Labute approximate surface area is 108 Å². The van der Waals surface area contributed by atoms with Crippen molar-refractivity contribution in [3.63, 3.8) is 0 Å². The van der Waals surface area contributed by atoms with Gasteiger partial charge in [0.25, 0.3) is 5.69 Å². The van der Waals surface area contributed by atoms with E-state index in [1.54, 1.807) is 6.07 Å². The Bertz CT molecular complexity index is 467. The summed E-state index contributed by atoms with van der Waals surface area (Å²) < 4.78 is 5.99. The topological polar surface area (TPSA) is 78.4 Å². The Morgan fingerprint density at radius 2 is 1.89 bits per heavy atom. The molecule has 6 heteroatoms. The van der Waals surface area contributed by atoms with Crippen molar-refractivity contribution in [3.8, 4) is 5.75 Å². The van der Waals surface area contributed by atoms with Gasteiger partial charge in [0, 0.05) is 0 Å². The molecule has 0 fully saturated rings. The highest BCUT2D eigenvalue weighted by atomic mass is 28.4. The summed E-state index contributed by atoms with van der Waals surface area (Å²) in [5.74, 6) is 0.516. The molecule has 0 bridgehead atoms.